The number of fused-ring (bicyclic) bond motifs is 6. The highest BCUT2D eigenvalue weighted by molar-refractivity contribution is 6.35. The summed E-state index contributed by atoms with van der Waals surface area (Å²) in [7, 11) is 4.47. The van der Waals surface area contributed by atoms with Crippen LogP contribution < -0.4 is 15.0 Å². The first-order chi connectivity index (χ1) is 27.9. The molecule has 7 atom stereocenters. The molecule has 324 valence electrons. The number of hydrogen-bond acceptors (Lipinski definition) is 14. The Kier molecular flexibility index (Phi) is 15.0. The molecule has 4 amide bonds. The van der Waals surface area contributed by atoms with Crippen LogP contribution in [-0.2, 0) is 58.8 Å². The molecule has 3 unspecified atom stereocenters. The molecule has 1 aromatic rings. The van der Waals surface area contributed by atoms with E-state index in [0.717, 1.165) is 16.0 Å². The molecule has 5 aliphatic heterocycles. The number of methoxy groups -OCH3 is 2. The molecule has 2 N–H and O–H groups in total. The fourth-order valence-corrected chi connectivity index (χ4v) is 7.93. The summed E-state index contributed by atoms with van der Waals surface area (Å²) < 4.78 is 46.1. The van der Waals surface area contributed by atoms with Crippen LogP contribution in [0.1, 0.15) is 52.5 Å². The van der Waals surface area contributed by atoms with Gasteiger partial charge in [-0.1, -0.05) is 35.4 Å². The molecule has 2 saturated heterocycles. The molecule has 0 radical (unpaired) electrons. The number of benzene rings is 1. The Morgan fingerprint density at radius 2 is 1.69 bits per heavy atom. The van der Waals surface area contributed by atoms with E-state index in [0.29, 0.717) is 17.9 Å². The van der Waals surface area contributed by atoms with Crippen molar-refractivity contribution < 1.29 is 67.0 Å². The van der Waals surface area contributed by atoms with Gasteiger partial charge in [0.25, 0.3) is 11.8 Å². The van der Waals surface area contributed by atoms with Gasteiger partial charge in [-0.05, 0) is 51.8 Å². The molecule has 6 bridgehead atoms. The van der Waals surface area contributed by atoms with E-state index in [4.69, 9.17) is 49.5 Å². The fraction of sp³-hybridized carbons (Fsp3) is 0.585. The second kappa shape index (κ2) is 19.4. The van der Waals surface area contributed by atoms with Crippen LogP contribution in [0, 0.1) is 0 Å². The van der Waals surface area contributed by atoms with E-state index in [1.165, 1.54) is 38.2 Å². The smallest absolute Gasteiger partial charge is 0.409 e. The maximum Gasteiger partial charge on any atom is 0.409 e. The van der Waals surface area contributed by atoms with Crippen LogP contribution >= 0.6 is 11.6 Å². The van der Waals surface area contributed by atoms with Crippen LogP contribution in [0.3, 0.4) is 0 Å². The first-order valence-electron chi connectivity index (χ1n) is 19.3. The normalized spacial score (nSPS) is 30.5. The predicted octanol–water partition coefficient (Wildman–Crippen LogP) is 3.18. The molecule has 0 spiro atoms. The molecule has 18 heteroatoms. The number of aliphatic hydroxyl groups is 1. The largest absolute Gasteiger partial charge is 0.495 e. The highest BCUT2D eigenvalue weighted by Crippen LogP contribution is 2.50. The molecule has 17 nitrogen and oxygen atoms in total. The van der Waals surface area contributed by atoms with Gasteiger partial charge in [-0.25, -0.2) is 9.59 Å². The van der Waals surface area contributed by atoms with Crippen LogP contribution in [-0.4, -0.2) is 142 Å². The third-order valence-corrected chi connectivity index (χ3v) is 11.2. The molecular formula is C41H54ClN3O14. The molecule has 0 saturated carbocycles. The standard InChI is InChI=1S/C41H54ClN3O14/c1-25-9-8-10-30(53-7)41(51)23-32(58-38(50)43-41)40(4)24-39(3,59-40)31(22-35(48)44(5)28-20-27(19-25)21-29(52-6)36(28)42)57-37(49)26(2)56-18-17-55-16-15-54-14-13-45-33(46)11-12-34(45)47/h8-12,20-21,26,30-32,51H,13-19,22-24H2,1-7H3,(H,43,50)/b10-8+,25-9+/t26?,30-,31+,32?,39-,40?,41+/m1/s1. The molecule has 5 heterocycles. The number of carbonyl (C=O) groups is 5. The third-order valence-electron chi connectivity index (χ3n) is 10.8. The number of hydrogen-bond donors (Lipinski definition) is 2. The van der Waals surface area contributed by atoms with Gasteiger partial charge in [0.2, 0.25) is 5.91 Å². The van der Waals surface area contributed by atoms with Crippen molar-refractivity contribution in [2.24, 2.45) is 0 Å². The van der Waals surface area contributed by atoms with E-state index in [9.17, 15) is 29.1 Å². The van der Waals surface area contributed by atoms with E-state index in [1.807, 2.05) is 13.0 Å². The summed E-state index contributed by atoms with van der Waals surface area (Å²) in [6.07, 6.45) is 2.81. The summed E-state index contributed by atoms with van der Waals surface area (Å²) in [5.74, 6) is -1.60. The van der Waals surface area contributed by atoms with Gasteiger partial charge in [-0.15, -0.1) is 0 Å². The van der Waals surface area contributed by atoms with Crippen LogP contribution in [0.4, 0.5) is 10.5 Å². The SMILES string of the molecule is COc1cc2cc(c1Cl)N(C)C(=O)C[C@H](OC(=O)C(C)OCCOCCOCCN1C(=O)C=CC1=O)[C@@]1(C)CC(C)(O1)C1C[C@@](O)(NC(=O)O1)[C@H](OC)/C=C/C=C(\C)C2. The Balaban J connectivity index is 1.29. The number of carbonyl (C=O) groups excluding carboxylic acids is 5. The number of amides is 4. The van der Waals surface area contributed by atoms with E-state index in [-0.39, 0.29) is 75.7 Å². The summed E-state index contributed by atoms with van der Waals surface area (Å²) >= 11 is 6.76. The zero-order chi connectivity index (χ0) is 43.1. The average Bonchev–Trinajstić information content (AvgIpc) is 3.49. The number of alkyl carbamates (subject to hydrolysis) is 1. The Morgan fingerprint density at radius 3 is 2.36 bits per heavy atom. The molecular weight excluding hydrogens is 794 g/mol. The van der Waals surface area contributed by atoms with Gasteiger partial charge in [-0.2, -0.15) is 0 Å². The summed E-state index contributed by atoms with van der Waals surface area (Å²) in [6, 6.07) is 3.57. The monoisotopic (exact) mass is 847 g/mol. The number of rotatable bonds is 14. The first-order valence-corrected chi connectivity index (χ1v) is 19.7. The Hall–Kier alpha value is -4.36. The minimum atomic E-state index is -1.87. The number of imide groups is 1. The van der Waals surface area contributed by atoms with E-state index in [2.05, 4.69) is 5.32 Å². The van der Waals surface area contributed by atoms with Gasteiger partial charge in [0.05, 0.1) is 58.8 Å². The first kappa shape index (κ1) is 45.7. The number of anilines is 1. The van der Waals surface area contributed by atoms with E-state index >= 15 is 0 Å². The minimum absolute atomic E-state index is 0.0316. The Bertz CT molecular complexity index is 1830. The van der Waals surface area contributed by atoms with Crippen LogP contribution in [0.25, 0.3) is 0 Å². The Labute approximate surface area is 348 Å². The van der Waals surface area contributed by atoms with Crippen molar-refractivity contribution in [2.45, 2.75) is 94.7 Å². The van der Waals surface area contributed by atoms with Gasteiger partial charge in [0.1, 0.15) is 40.3 Å². The highest BCUT2D eigenvalue weighted by atomic mass is 35.5. The maximum absolute atomic E-state index is 14.1. The van der Waals surface area contributed by atoms with Gasteiger partial charge < -0.3 is 47.9 Å². The number of nitrogens with one attached hydrogen (secondary N) is 1. The van der Waals surface area contributed by atoms with Crippen molar-refractivity contribution in [1.82, 2.24) is 10.2 Å². The fourth-order valence-electron chi connectivity index (χ4n) is 7.62. The highest BCUT2D eigenvalue weighted by Gasteiger charge is 2.63. The number of esters is 1. The van der Waals surface area contributed by atoms with Crippen molar-refractivity contribution in [2.75, 3.05) is 65.7 Å². The van der Waals surface area contributed by atoms with E-state index in [1.54, 1.807) is 45.2 Å². The second-order valence-corrected chi connectivity index (χ2v) is 15.8. The predicted molar refractivity (Wildman–Crippen MR) is 212 cm³/mol. The zero-order valence-electron chi connectivity index (χ0n) is 34.4. The molecule has 5 aliphatic rings. The number of nitrogens with zero attached hydrogens (tertiary/aromatic N) is 2. The number of halogens is 1. The summed E-state index contributed by atoms with van der Waals surface area (Å²) in [5, 5.41) is 14.5. The molecule has 59 heavy (non-hydrogen) atoms. The topological polar surface area (TPSA) is 198 Å². The summed E-state index contributed by atoms with van der Waals surface area (Å²) in [6.45, 7) is 7.70. The quantitative estimate of drug-likeness (QED) is 0.157. The van der Waals surface area contributed by atoms with Crippen LogP contribution in [0.15, 0.2) is 48.1 Å². The number of allylic oxidation sites excluding steroid dienone is 3. The van der Waals surface area contributed by atoms with Crippen LogP contribution in [0.2, 0.25) is 5.02 Å². The Morgan fingerprint density at radius 1 is 1.03 bits per heavy atom. The van der Waals surface area contributed by atoms with Crippen LogP contribution in [0.5, 0.6) is 5.75 Å². The lowest BCUT2D eigenvalue weighted by Crippen LogP contribution is -2.72. The van der Waals surface area contributed by atoms with Gasteiger partial charge in [0, 0.05) is 39.2 Å². The van der Waals surface area contributed by atoms with Crippen molar-refractivity contribution in [3.63, 3.8) is 0 Å². The van der Waals surface area contributed by atoms with Gasteiger partial charge in [0.15, 0.2) is 11.8 Å². The summed E-state index contributed by atoms with van der Waals surface area (Å²) in [5.41, 5.74) is -2.18. The third kappa shape index (κ3) is 10.9. The lowest BCUT2D eigenvalue weighted by molar-refractivity contribution is -0.328. The lowest BCUT2D eigenvalue weighted by atomic mass is 9.72. The molecule has 0 aliphatic carbocycles. The lowest BCUT2D eigenvalue weighted by Gasteiger charge is -2.59. The zero-order valence-corrected chi connectivity index (χ0v) is 35.2. The maximum atomic E-state index is 14.1. The minimum Gasteiger partial charge on any atom is -0.495 e. The van der Waals surface area contributed by atoms with Gasteiger partial charge >= 0.3 is 12.1 Å². The molecule has 1 aromatic carbocycles. The average molecular weight is 848 g/mol. The summed E-state index contributed by atoms with van der Waals surface area (Å²) in [4.78, 5) is 66.3. The van der Waals surface area contributed by atoms with Crippen molar-refractivity contribution in [1.29, 1.82) is 0 Å². The second-order valence-electron chi connectivity index (χ2n) is 15.4. The molecule has 0 aromatic heterocycles. The van der Waals surface area contributed by atoms with Crippen molar-refractivity contribution in [3.8, 4) is 5.75 Å². The molecule has 2 fully saturated rings. The van der Waals surface area contributed by atoms with E-state index < -0.39 is 59.3 Å². The molecule has 6 rings (SSSR count). The van der Waals surface area contributed by atoms with Crippen molar-refractivity contribution in [3.05, 3.63) is 58.7 Å². The number of ether oxygens (including phenoxy) is 8. The van der Waals surface area contributed by atoms with Crippen molar-refractivity contribution >= 4 is 47.1 Å². The van der Waals surface area contributed by atoms with Gasteiger partial charge in [-0.3, -0.25) is 24.6 Å².